The number of imidazole rings is 1. The molecule has 1 aromatic rings. The number of amides is 2. The zero-order chi connectivity index (χ0) is 14.8. The molecule has 0 unspecified atom stereocenters. The molecule has 4 N–H and O–H groups in total. The number of hydrogen-bond acceptors (Lipinski definition) is 4. The number of hydrogen-bond donors (Lipinski definition) is 3. The van der Waals surface area contributed by atoms with Crippen LogP contribution in [0.25, 0.3) is 0 Å². The Balaban J connectivity index is 2.18. The van der Waals surface area contributed by atoms with E-state index in [9.17, 15) is 9.59 Å². The normalized spacial score (nSPS) is 12.1. The van der Waals surface area contributed by atoms with Gasteiger partial charge < -0.3 is 10.7 Å². The zero-order valence-corrected chi connectivity index (χ0v) is 12.0. The maximum atomic E-state index is 11.7. The lowest BCUT2D eigenvalue weighted by atomic mass is 10.1. The van der Waals surface area contributed by atoms with Gasteiger partial charge in [0.1, 0.15) is 0 Å². The molecule has 6 nitrogen and oxygen atoms in total. The number of nitrogens with two attached hydrogens (primary N) is 1. The lowest BCUT2D eigenvalue weighted by Crippen LogP contribution is -2.44. The molecule has 0 radical (unpaired) electrons. The first-order valence-corrected chi connectivity index (χ1v) is 7.20. The quantitative estimate of drug-likeness (QED) is 0.593. The maximum Gasteiger partial charge on any atom is 0.243 e. The summed E-state index contributed by atoms with van der Waals surface area (Å²) in [4.78, 5) is 30.0. The van der Waals surface area contributed by atoms with E-state index in [2.05, 4.69) is 22.2 Å². The van der Waals surface area contributed by atoms with Crippen LogP contribution in [0.3, 0.4) is 0 Å². The molecule has 1 heterocycles. The highest BCUT2D eigenvalue weighted by atomic mass is 16.2. The number of aromatic nitrogens is 2. The minimum Gasteiger partial charge on any atom is -0.348 e. The number of nitrogens with one attached hydrogen (secondary N) is 2. The van der Waals surface area contributed by atoms with Crippen LogP contribution in [0.1, 0.15) is 51.1 Å². The molecule has 0 aromatic carbocycles. The summed E-state index contributed by atoms with van der Waals surface area (Å²) in [6.07, 6.45) is 9.20. The third-order valence-corrected chi connectivity index (χ3v) is 3.10. The van der Waals surface area contributed by atoms with E-state index in [4.69, 9.17) is 5.73 Å². The molecular formula is C14H24N4O2. The van der Waals surface area contributed by atoms with Gasteiger partial charge in [-0.25, -0.2) is 4.98 Å². The summed E-state index contributed by atoms with van der Waals surface area (Å²) in [5, 5.41) is 2.35. The zero-order valence-electron chi connectivity index (χ0n) is 12.0. The van der Waals surface area contributed by atoms with E-state index in [1.54, 1.807) is 6.20 Å². The summed E-state index contributed by atoms with van der Waals surface area (Å²) in [5.74, 6) is -0.676. The highest BCUT2D eigenvalue weighted by Gasteiger charge is 2.17. The van der Waals surface area contributed by atoms with Crippen LogP contribution in [0.15, 0.2) is 12.5 Å². The summed E-state index contributed by atoms with van der Waals surface area (Å²) in [7, 11) is 0. The topological polar surface area (TPSA) is 101 Å². The molecule has 1 aromatic heterocycles. The van der Waals surface area contributed by atoms with Crippen molar-refractivity contribution in [3.05, 3.63) is 18.2 Å². The summed E-state index contributed by atoms with van der Waals surface area (Å²) < 4.78 is 0. The lowest BCUT2D eigenvalue weighted by Gasteiger charge is -2.10. The fraction of sp³-hybridized carbons (Fsp3) is 0.643. The van der Waals surface area contributed by atoms with Gasteiger partial charge in [0.15, 0.2) is 0 Å². The minimum absolute atomic E-state index is 0.244. The van der Waals surface area contributed by atoms with E-state index in [-0.39, 0.29) is 5.91 Å². The van der Waals surface area contributed by atoms with Crippen molar-refractivity contribution in [1.29, 1.82) is 0 Å². The van der Waals surface area contributed by atoms with Crippen LogP contribution in [-0.4, -0.2) is 27.8 Å². The minimum atomic E-state index is -0.737. The van der Waals surface area contributed by atoms with Crippen molar-refractivity contribution in [2.75, 3.05) is 0 Å². The molecule has 0 aliphatic heterocycles. The number of carbonyl (C=O) groups is 2. The van der Waals surface area contributed by atoms with E-state index in [1.165, 1.54) is 19.2 Å². The molecule has 0 saturated heterocycles. The second-order valence-electron chi connectivity index (χ2n) is 4.96. The van der Waals surface area contributed by atoms with Crippen LogP contribution in [0.2, 0.25) is 0 Å². The van der Waals surface area contributed by atoms with Crippen LogP contribution < -0.4 is 11.1 Å². The van der Waals surface area contributed by atoms with Gasteiger partial charge in [0, 0.05) is 24.7 Å². The van der Waals surface area contributed by atoms with Crippen molar-refractivity contribution in [2.45, 2.75) is 57.9 Å². The van der Waals surface area contributed by atoms with Crippen LogP contribution in [0, 0.1) is 0 Å². The molecule has 2 amide bonds. The van der Waals surface area contributed by atoms with E-state index < -0.39 is 11.9 Å². The van der Waals surface area contributed by atoms with E-state index in [0.29, 0.717) is 12.8 Å². The maximum absolute atomic E-state index is 11.7. The molecule has 0 fully saturated rings. The van der Waals surface area contributed by atoms with Crippen molar-refractivity contribution in [3.8, 4) is 0 Å². The molecule has 0 saturated carbocycles. The van der Waals surface area contributed by atoms with Crippen LogP contribution >= 0.6 is 0 Å². The van der Waals surface area contributed by atoms with Gasteiger partial charge in [0.05, 0.1) is 12.4 Å². The fourth-order valence-electron chi connectivity index (χ4n) is 1.91. The smallest absolute Gasteiger partial charge is 0.243 e. The Kier molecular flexibility index (Phi) is 7.57. The molecule has 20 heavy (non-hydrogen) atoms. The molecule has 1 atom stereocenters. The number of H-pyrrole nitrogens is 1. The predicted octanol–water partition coefficient (Wildman–Crippen LogP) is 1.28. The van der Waals surface area contributed by atoms with Crippen molar-refractivity contribution in [2.24, 2.45) is 5.73 Å². The Morgan fingerprint density at radius 3 is 2.75 bits per heavy atom. The highest BCUT2D eigenvalue weighted by Crippen LogP contribution is 2.04. The van der Waals surface area contributed by atoms with Gasteiger partial charge in [-0.3, -0.25) is 14.9 Å². The average molecular weight is 280 g/mol. The van der Waals surface area contributed by atoms with Gasteiger partial charge in [-0.2, -0.15) is 0 Å². The molecule has 0 aliphatic rings. The van der Waals surface area contributed by atoms with Crippen molar-refractivity contribution >= 4 is 11.8 Å². The Bertz CT molecular complexity index is 403. The van der Waals surface area contributed by atoms with E-state index in [1.807, 2.05) is 0 Å². The highest BCUT2D eigenvalue weighted by molar-refractivity contribution is 5.97. The largest absolute Gasteiger partial charge is 0.348 e. The first-order chi connectivity index (χ1) is 9.63. The van der Waals surface area contributed by atoms with Crippen molar-refractivity contribution in [3.63, 3.8) is 0 Å². The molecule has 0 spiro atoms. The molecule has 6 heteroatoms. The number of carbonyl (C=O) groups excluding carboxylic acids is 2. The summed E-state index contributed by atoms with van der Waals surface area (Å²) in [6, 6.07) is -0.737. The van der Waals surface area contributed by atoms with Gasteiger partial charge >= 0.3 is 0 Å². The fourth-order valence-corrected chi connectivity index (χ4v) is 1.91. The van der Waals surface area contributed by atoms with Crippen LogP contribution in [-0.2, 0) is 16.0 Å². The Labute approximate surface area is 119 Å². The Morgan fingerprint density at radius 1 is 1.35 bits per heavy atom. The summed E-state index contributed by atoms with van der Waals surface area (Å²) in [6.45, 7) is 2.15. The van der Waals surface area contributed by atoms with Gasteiger partial charge in [0.2, 0.25) is 11.8 Å². The number of nitrogens with zero attached hydrogens (tertiary/aromatic N) is 1. The van der Waals surface area contributed by atoms with E-state index in [0.717, 1.165) is 25.0 Å². The van der Waals surface area contributed by atoms with Gasteiger partial charge in [-0.05, 0) is 6.42 Å². The standard InChI is InChI=1S/C14H24N4O2/c1-2-3-4-5-6-7-13(19)18-14(20)12(15)8-11-9-16-10-17-11/h9-10,12H,2-8,15H2,1H3,(H,16,17)(H,18,19,20)/t12-/m0/s1. The molecular weight excluding hydrogens is 256 g/mol. The van der Waals surface area contributed by atoms with Gasteiger partial charge in [-0.1, -0.05) is 32.6 Å². The van der Waals surface area contributed by atoms with Crippen molar-refractivity contribution in [1.82, 2.24) is 15.3 Å². The number of imide groups is 1. The average Bonchev–Trinajstić information content (AvgIpc) is 2.91. The lowest BCUT2D eigenvalue weighted by molar-refractivity contribution is -0.131. The predicted molar refractivity (Wildman–Crippen MR) is 76.8 cm³/mol. The first-order valence-electron chi connectivity index (χ1n) is 7.20. The van der Waals surface area contributed by atoms with E-state index >= 15 is 0 Å². The molecule has 112 valence electrons. The SMILES string of the molecule is CCCCCCCC(=O)NC(=O)[C@@H](N)Cc1cnc[nH]1. The number of aromatic amines is 1. The third kappa shape index (κ3) is 6.47. The molecule has 0 aliphatic carbocycles. The summed E-state index contributed by atoms with van der Waals surface area (Å²) in [5.41, 5.74) is 6.52. The van der Waals surface area contributed by atoms with Crippen LogP contribution in [0.5, 0.6) is 0 Å². The van der Waals surface area contributed by atoms with Gasteiger partial charge in [-0.15, -0.1) is 0 Å². The molecule has 0 bridgehead atoms. The number of rotatable bonds is 9. The monoisotopic (exact) mass is 280 g/mol. The second-order valence-corrected chi connectivity index (χ2v) is 4.96. The van der Waals surface area contributed by atoms with Gasteiger partial charge in [0.25, 0.3) is 0 Å². The Hall–Kier alpha value is -1.69. The third-order valence-electron chi connectivity index (χ3n) is 3.10. The molecule has 1 rings (SSSR count). The summed E-state index contributed by atoms with van der Waals surface area (Å²) >= 11 is 0. The number of unbranched alkanes of at least 4 members (excludes halogenated alkanes) is 4. The first kappa shape index (κ1) is 16.4. The van der Waals surface area contributed by atoms with Crippen molar-refractivity contribution < 1.29 is 9.59 Å². The Morgan fingerprint density at radius 2 is 2.10 bits per heavy atom. The van der Waals surface area contributed by atoms with Crippen LogP contribution in [0.4, 0.5) is 0 Å². The second kappa shape index (κ2) is 9.25.